The summed E-state index contributed by atoms with van der Waals surface area (Å²) in [4.78, 5) is 13.2. The van der Waals surface area contributed by atoms with Crippen molar-refractivity contribution in [1.29, 1.82) is 0 Å². The molecular formula is C12H24ClNO2. The number of carbonyl (C=O) groups excluding carboxylic acids is 1. The van der Waals surface area contributed by atoms with Crippen LogP contribution in [0.15, 0.2) is 12.2 Å². The Morgan fingerprint density at radius 3 is 2.25 bits per heavy atom. The minimum atomic E-state index is -0.275. The molecule has 16 heavy (non-hydrogen) atoms. The van der Waals surface area contributed by atoms with Crippen LogP contribution in [0.25, 0.3) is 0 Å². The number of esters is 1. The molecule has 0 unspecified atom stereocenters. The van der Waals surface area contributed by atoms with Crippen LogP contribution in [0.2, 0.25) is 0 Å². The zero-order valence-corrected chi connectivity index (χ0v) is 11.4. The van der Waals surface area contributed by atoms with Crippen LogP contribution in [0.4, 0.5) is 0 Å². The molecule has 0 atom stereocenters. The monoisotopic (exact) mass is 249 g/mol. The molecule has 0 aliphatic carbocycles. The first kappa shape index (κ1) is 17.8. The fourth-order valence-electron chi connectivity index (χ4n) is 1.17. The van der Waals surface area contributed by atoms with E-state index in [1.54, 1.807) is 6.92 Å². The molecule has 0 aromatic rings. The van der Waals surface area contributed by atoms with Crippen molar-refractivity contribution in [2.45, 2.75) is 32.6 Å². The van der Waals surface area contributed by atoms with Crippen LogP contribution >= 0.6 is 12.4 Å². The Kier molecular flexibility index (Phi) is 12.2. The standard InChI is InChI=1S/C12H23NO2.ClH/c1-11(2)12(14)15-10-8-6-5-7-9-13(3)4;/h1,5-10H2,2-4H3;1H. The minimum Gasteiger partial charge on any atom is -0.462 e. The number of carbonyl (C=O) groups is 1. The Morgan fingerprint density at radius 1 is 1.19 bits per heavy atom. The lowest BCUT2D eigenvalue weighted by Gasteiger charge is -2.08. The van der Waals surface area contributed by atoms with E-state index in [2.05, 4.69) is 25.6 Å². The van der Waals surface area contributed by atoms with Crippen LogP contribution in [0.5, 0.6) is 0 Å². The molecule has 0 heterocycles. The van der Waals surface area contributed by atoms with Gasteiger partial charge in [0, 0.05) is 5.57 Å². The molecule has 4 heteroatoms. The summed E-state index contributed by atoms with van der Waals surface area (Å²) in [5.74, 6) is -0.275. The lowest BCUT2D eigenvalue weighted by Crippen LogP contribution is -2.12. The number of nitrogens with zero attached hydrogens (tertiary/aromatic N) is 1. The maximum atomic E-state index is 11.0. The fraction of sp³-hybridized carbons (Fsp3) is 0.750. The minimum absolute atomic E-state index is 0. The molecule has 0 N–H and O–H groups in total. The Morgan fingerprint density at radius 2 is 1.75 bits per heavy atom. The van der Waals surface area contributed by atoms with Gasteiger partial charge in [0.15, 0.2) is 0 Å². The van der Waals surface area contributed by atoms with Crippen LogP contribution in [0.1, 0.15) is 32.6 Å². The highest BCUT2D eigenvalue weighted by Crippen LogP contribution is 2.02. The zero-order chi connectivity index (χ0) is 11.7. The quantitative estimate of drug-likeness (QED) is 0.376. The average Bonchev–Trinajstić information content (AvgIpc) is 2.15. The van der Waals surface area contributed by atoms with Gasteiger partial charge in [0.25, 0.3) is 0 Å². The first-order valence-corrected chi connectivity index (χ1v) is 5.51. The molecule has 0 spiro atoms. The van der Waals surface area contributed by atoms with E-state index >= 15 is 0 Å². The molecule has 0 aromatic carbocycles. The number of rotatable bonds is 8. The largest absolute Gasteiger partial charge is 0.462 e. The second-order valence-corrected chi connectivity index (χ2v) is 4.13. The van der Waals surface area contributed by atoms with Crippen LogP contribution in [-0.2, 0) is 9.53 Å². The molecule has 96 valence electrons. The van der Waals surface area contributed by atoms with Gasteiger partial charge >= 0.3 is 5.97 Å². The van der Waals surface area contributed by atoms with Crippen molar-refractivity contribution >= 4 is 18.4 Å². The van der Waals surface area contributed by atoms with Crippen molar-refractivity contribution in [3.05, 3.63) is 12.2 Å². The van der Waals surface area contributed by atoms with E-state index in [1.165, 1.54) is 12.8 Å². The summed E-state index contributed by atoms with van der Waals surface area (Å²) in [6, 6.07) is 0. The number of ether oxygens (including phenoxy) is 1. The molecule has 0 aliphatic heterocycles. The molecule has 0 amide bonds. The number of hydrogen-bond donors (Lipinski definition) is 0. The Bertz CT molecular complexity index is 205. The molecule has 3 nitrogen and oxygen atoms in total. The van der Waals surface area contributed by atoms with Gasteiger partial charge in [-0.3, -0.25) is 0 Å². The van der Waals surface area contributed by atoms with E-state index in [1.807, 2.05) is 0 Å². The third-order valence-electron chi connectivity index (χ3n) is 2.08. The van der Waals surface area contributed by atoms with Crippen LogP contribution in [0.3, 0.4) is 0 Å². The maximum absolute atomic E-state index is 11.0. The summed E-state index contributed by atoms with van der Waals surface area (Å²) >= 11 is 0. The first-order valence-electron chi connectivity index (χ1n) is 5.51. The summed E-state index contributed by atoms with van der Waals surface area (Å²) in [5, 5.41) is 0. The van der Waals surface area contributed by atoms with Crippen molar-refractivity contribution in [1.82, 2.24) is 4.90 Å². The van der Waals surface area contributed by atoms with Crippen molar-refractivity contribution < 1.29 is 9.53 Å². The fourth-order valence-corrected chi connectivity index (χ4v) is 1.17. The van der Waals surface area contributed by atoms with Crippen LogP contribution < -0.4 is 0 Å². The summed E-state index contributed by atoms with van der Waals surface area (Å²) < 4.78 is 4.98. The molecule has 0 bridgehead atoms. The van der Waals surface area contributed by atoms with E-state index in [-0.39, 0.29) is 18.4 Å². The molecule has 0 fully saturated rings. The molecular weight excluding hydrogens is 226 g/mol. The van der Waals surface area contributed by atoms with Crippen molar-refractivity contribution in [3.63, 3.8) is 0 Å². The summed E-state index contributed by atoms with van der Waals surface area (Å²) in [6.45, 7) is 6.84. The molecule has 0 aliphatic rings. The Balaban J connectivity index is 0. The molecule has 0 saturated carbocycles. The van der Waals surface area contributed by atoms with Gasteiger partial charge < -0.3 is 9.64 Å². The van der Waals surface area contributed by atoms with Gasteiger partial charge in [-0.1, -0.05) is 19.4 Å². The summed E-state index contributed by atoms with van der Waals surface area (Å²) in [7, 11) is 4.16. The highest BCUT2D eigenvalue weighted by molar-refractivity contribution is 5.86. The third kappa shape index (κ3) is 11.5. The number of unbranched alkanes of at least 4 members (excludes halogenated alkanes) is 3. The average molecular weight is 250 g/mol. The smallest absolute Gasteiger partial charge is 0.333 e. The second-order valence-electron chi connectivity index (χ2n) is 4.13. The van der Waals surface area contributed by atoms with E-state index in [4.69, 9.17) is 4.74 Å². The topological polar surface area (TPSA) is 29.5 Å². The van der Waals surface area contributed by atoms with Crippen molar-refractivity contribution in [2.75, 3.05) is 27.2 Å². The van der Waals surface area contributed by atoms with Crippen LogP contribution in [0, 0.1) is 0 Å². The molecule has 0 radical (unpaired) electrons. The molecule has 0 saturated heterocycles. The van der Waals surface area contributed by atoms with Gasteiger partial charge in [-0.2, -0.15) is 0 Å². The molecule has 0 rings (SSSR count). The lowest BCUT2D eigenvalue weighted by atomic mass is 10.2. The van der Waals surface area contributed by atoms with Crippen molar-refractivity contribution in [3.8, 4) is 0 Å². The summed E-state index contributed by atoms with van der Waals surface area (Å²) in [5.41, 5.74) is 0.475. The lowest BCUT2D eigenvalue weighted by molar-refractivity contribution is -0.139. The third-order valence-corrected chi connectivity index (χ3v) is 2.08. The van der Waals surface area contributed by atoms with Crippen molar-refractivity contribution in [2.24, 2.45) is 0 Å². The SMILES string of the molecule is C=C(C)C(=O)OCCCCCCN(C)C.Cl. The predicted octanol–water partition coefficient (Wildman–Crippen LogP) is 2.65. The highest BCUT2D eigenvalue weighted by Gasteiger charge is 2.01. The molecule has 0 aromatic heterocycles. The first-order chi connectivity index (χ1) is 7.04. The van der Waals surface area contributed by atoms with Gasteiger partial charge in [-0.05, 0) is 40.4 Å². The second kappa shape index (κ2) is 11.0. The number of hydrogen-bond acceptors (Lipinski definition) is 3. The number of halogens is 1. The van der Waals surface area contributed by atoms with Gasteiger partial charge in [0.05, 0.1) is 6.61 Å². The van der Waals surface area contributed by atoms with Gasteiger partial charge in [0.2, 0.25) is 0 Å². The summed E-state index contributed by atoms with van der Waals surface area (Å²) in [6.07, 6.45) is 4.48. The van der Waals surface area contributed by atoms with Crippen LogP contribution in [-0.4, -0.2) is 38.1 Å². The Labute approximate surface area is 105 Å². The predicted molar refractivity (Wildman–Crippen MR) is 70.0 cm³/mol. The van der Waals surface area contributed by atoms with E-state index in [0.29, 0.717) is 12.2 Å². The zero-order valence-electron chi connectivity index (χ0n) is 10.6. The Hall–Kier alpha value is -0.540. The van der Waals surface area contributed by atoms with Gasteiger partial charge in [-0.15, -0.1) is 12.4 Å². The normalized spacial score (nSPS) is 9.75. The van der Waals surface area contributed by atoms with E-state index in [9.17, 15) is 4.79 Å². The van der Waals surface area contributed by atoms with E-state index in [0.717, 1.165) is 19.4 Å². The maximum Gasteiger partial charge on any atom is 0.333 e. The van der Waals surface area contributed by atoms with Gasteiger partial charge in [-0.25, -0.2) is 4.79 Å². The highest BCUT2D eigenvalue weighted by atomic mass is 35.5. The van der Waals surface area contributed by atoms with E-state index < -0.39 is 0 Å². The van der Waals surface area contributed by atoms with Gasteiger partial charge in [0.1, 0.15) is 0 Å².